The molecule has 2 aromatic rings. The molecule has 0 aromatic carbocycles. The first-order valence-corrected chi connectivity index (χ1v) is 9.39. The molecule has 30 heavy (non-hydrogen) atoms. The maximum Gasteiger partial charge on any atom is 0.433 e. The molecule has 1 aliphatic heterocycles. The zero-order valence-corrected chi connectivity index (χ0v) is 16.2. The Hall–Kier alpha value is -3.18. The van der Waals surface area contributed by atoms with Crippen LogP contribution >= 0.6 is 0 Å². The first kappa shape index (κ1) is 21.5. The Morgan fingerprint density at radius 3 is 2.60 bits per heavy atom. The third-order valence-corrected chi connectivity index (χ3v) is 4.78. The number of carbonyl (C=O) groups is 1. The predicted molar refractivity (Wildman–Crippen MR) is 101 cm³/mol. The third-order valence-electron chi connectivity index (χ3n) is 4.78. The van der Waals surface area contributed by atoms with Crippen LogP contribution in [0.3, 0.4) is 0 Å². The third kappa shape index (κ3) is 5.45. The van der Waals surface area contributed by atoms with Crippen LogP contribution in [0.1, 0.15) is 30.8 Å². The summed E-state index contributed by atoms with van der Waals surface area (Å²) in [5, 5.41) is 2.87. The van der Waals surface area contributed by atoms with Crippen molar-refractivity contribution in [3.63, 3.8) is 0 Å². The molecule has 0 spiro atoms. The van der Waals surface area contributed by atoms with Crippen LogP contribution in [0.15, 0.2) is 27.9 Å². The molecule has 2 aromatic heterocycles. The monoisotopic (exact) mass is 426 g/mol. The first-order valence-electron chi connectivity index (χ1n) is 9.39. The van der Waals surface area contributed by atoms with E-state index in [0.29, 0.717) is 25.9 Å². The molecule has 3 rings (SSSR count). The number of piperidine rings is 1. The first-order chi connectivity index (χ1) is 14.1. The summed E-state index contributed by atoms with van der Waals surface area (Å²) in [7, 11) is 0. The molecular formula is C18H21F3N6O3. The Morgan fingerprint density at radius 1 is 1.27 bits per heavy atom. The van der Waals surface area contributed by atoms with Crippen LogP contribution in [0.2, 0.25) is 0 Å². The number of aryl methyl sites for hydroxylation is 2. The van der Waals surface area contributed by atoms with Crippen molar-refractivity contribution in [2.24, 2.45) is 0 Å². The Kier molecular flexibility index (Phi) is 6.22. The van der Waals surface area contributed by atoms with E-state index in [-0.39, 0.29) is 36.6 Å². The smallest absolute Gasteiger partial charge is 0.356 e. The minimum atomic E-state index is -4.54. The van der Waals surface area contributed by atoms with Crippen LogP contribution < -0.4 is 21.5 Å². The summed E-state index contributed by atoms with van der Waals surface area (Å²) in [6.07, 6.45) is -2.05. The lowest BCUT2D eigenvalue weighted by Gasteiger charge is -2.33. The quantitative estimate of drug-likeness (QED) is 0.732. The van der Waals surface area contributed by atoms with Crippen molar-refractivity contribution in [3.05, 3.63) is 50.7 Å². The average Bonchev–Trinajstić information content (AvgIpc) is 2.67. The van der Waals surface area contributed by atoms with Gasteiger partial charge in [-0.05, 0) is 19.8 Å². The second kappa shape index (κ2) is 8.67. The van der Waals surface area contributed by atoms with Gasteiger partial charge in [0.05, 0.1) is 0 Å². The molecule has 3 heterocycles. The van der Waals surface area contributed by atoms with Crippen molar-refractivity contribution >= 4 is 11.7 Å². The standard InChI is InChI=1S/C18H21F3N6O3/c1-11-22-13(18(19,20)21)10-14(23-11)26-6-2-12(3-7-26)24-15(28)4-8-27-9-5-16(29)25-17(27)30/h5,9-10,12H,2-4,6-8H2,1H3,(H,24,28)(H,25,29,30). The lowest BCUT2D eigenvalue weighted by atomic mass is 10.0. The Morgan fingerprint density at radius 2 is 1.97 bits per heavy atom. The van der Waals surface area contributed by atoms with E-state index in [2.05, 4.69) is 20.3 Å². The minimum Gasteiger partial charge on any atom is -0.356 e. The number of hydrogen-bond acceptors (Lipinski definition) is 6. The lowest BCUT2D eigenvalue weighted by molar-refractivity contribution is -0.141. The topological polar surface area (TPSA) is 113 Å². The highest BCUT2D eigenvalue weighted by atomic mass is 19.4. The Labute approximate surface area is 169 Å². The highest BCUT2D eigenvalue weighted by molar-refractivity contribution is 5.76. The van der Waals surface area contributed by atoms with Crippen molar-refractivity contribution in [3.8, 4) is 0 Å². The molecule has 1 saturated heterocycles. The molecule has 0 bridgehead atoms. The fraction of sp³-hybridized carbons (Fsp3) is 0.500. The van der Waals surface area contributed by atoms with Gasteiger partial charge in [-0.15, -0.1) is 0 Å². The van der Waals surface area contributed by atoms with E-state index in [1.54, 1.807) is 4.90 Å². The summed E-state index contributed by atoms with van der Waals surface area (Å²) in [4.78, 5) is 46.2. The number of nitrogens with zero attached hydrogens (tertiary/aromatic N) is 4. The molecule has 0 saturated carbocycles. The highest BCUT2D eigenvalue weighted by Gasteiger charge is 2.34. The Bertz CT molecular complexity index is 1020. The zero-order chi connectivity index (χ0) is 21.9. The number of halogens is 3. The SMILES string of the molecule is Cc1nc(N2CCC(NC(=O)CCn3ccc(=O)[nH]c3=O)CC2)cc(C(F)(F)F)n1. The van der Waals surface area contributed by atoms with Gasteiger partial charge in [-0.25, -0.2) is 14.8 Å². The van der Waals surface area contributed by atoms with Gasteiger partial charge in [0.2, 0.25) is 5.91 Å². The second-order valence-electron chi connectivity index (χ2n) is 7.04. The number of anilines is 1. The van der Waals surface area contributed by atoms with Gasteiger partial charge >= 0.3 is 11.9 Å². The van der Waals surface area contributed by atoms with Gasteiger partial charge in [0.1, 0.15) is 17.3 Å². The van der Waals surface area contributed by atoms with Gasteiger partial charge in [0.25, 0.3) is 5.56 Å². The summed E-state index contributed by atoms with van der Waals surface area (Å²) in [5.41, 5.74) is -2.06. The number of hydrogen-bond donors (Lipinski definition) is 2. The van der Waals surface area contributed by atoms with Crippen molar-refractivity contribution in [1.82, 2.24) is 24.8 Å². The minimum absolute atomic E-state index is 0.0488. The van der Waals surface area contributed by atoms with Gasteiger partial charge in [0.15, 0.2) is 0 Å². The van der Waals surface area contributed by atoms with E-state index in [0.717, 1.165) is 6.07 Å². The fourth-order valence-corrected chi connectivity index (χ4v) is 3.25. The maximum atomic E-state index is 13.0. The molecule has 1 fully saturated rings. The fourth-order valence-electron chi connectivity index (χ4n) is 3.25. The van der Waals surface area contributed by atoms with Crippen LogP contribution in [0, 0.1) is 6.92 Å². The lowest BCUT2D eigenvalue weighted by Crippen LogP contribution is -2.45. The van der Waals surface area contributed by atoms with Crippen molar-refractivity contribution in [1.29, 1.82) is 0 Å². The summed E-state index contributed by atoms with van der Waals surface area (Å²) in [6, 6.07) is 2.02. The molecule has 1 aliphatic rings. The van der Waals surface area contributed by atoms with Gasteiger partial charge in [-0.2, -0.15) is 13.2 Å². The number of amides is 1. The number of alkyl halides is 3. The van der Waals surface area contributed by atoms with Crippen LogP contribution in [-0.4, -0.2) is 44.6 Å². The van der Waals surface area contributed by atoms with Crippen LogP contribution in [0.25, 0.3) is 0 Å². The second-order valence-corrected chi connectivity index (χ2v) is 7.04. The molecule has 1 amide bonds. The van der Waals surface area contributed by atoms with E-state index in [1.165, 1.54) is 23.8 Å². The number of rotatable bonds is 5. The zero-order valence-electron chi connectivity index (χ0n) is 16.2. The number of carbonyl (C=O) groups excluding carboxylic acids is 1. The van der Waals surface area contributed by atoms with E-state index in [9.17, 15) is 27.6 Å². The van der Waals surface area contributed by atoms with Crippen molar-refractivity contribution in [2.45, 2.75) is 44.9 Å². The summed E-state index contributed by atoms with van der Waals surface area (Å²) >= 11 is 0. The molecule has 9 nitrogen and oxygen atoms in total. The number of aromatic amines is 1. The van der Waals surface area contributed by atoms with Crippen LogP contribution in [0.5, 0.6) is 0 Å². The van der Waals surface area contributed by atoms with Gasteiger partial charge in [0, 0.05) is 50.4 Å². The van der Waals surface area contributed by atoms with Gasteiger partial charge < -0.3 is 14.8 Å². The molecule has 0 aliphatic carbocycles. The summed E-state index contributed by atoms with van der Waals surface area (Å²) < 4.78 is 40.1. The number of aromatic nitrogens is 4. The van der Waals surface area contributed by atoms with E-state index < -0.39 is 23.1 Å². The average molecular weight is 426 g/mol. The summed E-state index contributed by atoms with van der Waals surface area (Å²) in [5.74, 6) is 0.0218. The van der Waals surface area contributed by atoms with E-state index in [4.69, 9.17) is 0 Å². The maximum absolute atomic E-state index is 13.0. The van der Waals surface area contributed by atoms with E-state index >= 15 is 0 Å². The number of nitrogens with one attached hydrogen (secondary N) is 2. The van der Waals surface area contributed by atoms with Crippen molar-refractivity contribution < 1.29 is 18.0 Å². The largest absolute Gasteiger partial charge is 0.433 e. The molecule has 12 heteroatoms. The Balaban J connectivity index is 1.52. The molecular weight excluding hydrogens is 405 g/mol. The molecule has 0 atom stereocenters. The molecule has 0 unspecified atom stereocenters. The van der Waals surface area contributed by atoms with Gasteiger partial charge in [-0.3, -0.25) is 14.6 Å². The highest BCUT2D eigenvalue weighted by Crippen LogP contribution is 2.30. The normalized spacial score (nSPS) is 15.3. The van der Waals surface area contributed by atoms with Gasteiger partial charge in [-0.1, -0.05) is 0 Å². The number of H-pyrrole nitrogens is 1. The van der Waals surface area contributed by atoms with Crippen LogP contribution in [0.4, 0.5) is 19.0 Å². The van der Waals surface area contributed by atoms with Crippen molar-refractivity contribution in [2.75, 3.05) is 18.0 Å². The van der Waals surface area contributed by atoms with Crippen LogP contribution in [-0.2, 0) is 17.5 Å². The molecule has 2 N–H and O–H groups in total. The summed E-state index contributed by atoms with van der Waals surface area (Å²) in [6.45, 7) is 2.43. The molecule has 0 radical (unpaired) electrons. The predicted octanol–water partition coefficient (Wildman–Crippen LogP) is 0.829. The van der Waals surface area contributed by atoms with E-state index in [1.807, 2.05) is 0 Å². The molecule has 162 valence electrons.